The molecule has 0 aromatic carbocycles. The van der Waals surface area contributed by atoms with Gasteiger partial charge in [0.15, 0.2) is 0 Å². The maximum Gasteiger partial charge on any atom is 0.0502 e. The van der Waals surface area contributed by atoms with Gasteiger partial charge >= 0.3 is 0 Å². The lowest BCUT2D eigenvalue weighted by Crippen LogP contribution is -2.47. The highest BCUT2D eigenvalue weighted by molar-refractivity contribution is 4.80. The summed E-state index contributed by atoms with van der Waals surface area (Å²) in [6.45, 7) is 6.95. The number of hydrogen-bond donors (Lipinski definition) is 1. The standard InChI is InChI=1S/C15H30N2O/c1-13(10-16-15-7-3-4-8-15)17-9-5-6-14(11-17)12-18-2/h13-16H,3-12H2,1-2H3. The summed E-state index contributed by atoms with van der Waals surface area (Å²) in [7, 11) is 1.82. The van der Waals surface area contributed by atoms with Crippen LogP contribution in [-0.2, 0) is 4.74 Å². The Hall–Kier alpha value is -0.120. The third-order valence-electron chi connectivity index (χ3n) is 4.63. The number of ether oxygens (including phenoxy) is 1. The fourth-order valence-electron chi connectivity index (χ4n) is 3.47. The molecule has 1 saturated heterocycles. The average molecular weight is 254 g/mol. The van der Waals surface area contributed by atoms with E-state index in [1.807, 2.05) is 7.11 Å². The highest BCUT2D eigenvalue weighted by Gasteiger charge is 2.24. The van der Waals surface area contributed by atoms with Crippen molar-refractivity contribution in [3.8, 4) is 0 Å². The first-order valence-corrected chi connectivity index (χ1v) is 7.76. The van der Waals surface area contributed by atoms with Gasteiger partial charge in [0, 0.05) is 32.3 Å². The highest BCUT2D eigenvalue weighted by atomic mass is 16.5. The largest absolute Gasteiger partial charge is 0.384 e. The molecule has 2 aliphatic rings. The number of likely N-dealkylation sites (tertiary alicyclic amines) is 1. The monoisotopic (exact) mass is 254 g/mol. The molecule has 1 heterocycles. The van der Waals surface area contributed by atoms with Gasteiger partial charge in [0.05, 0.1) is 6.61 Å². The molecule has 3 nitrogen and oxygen atoms in total. The zero-order valence-corrected chi connectivity index (χ0v) is 12.2. The van der Waals surface area contributed by atoms with E-state index in [2.05, 4.69) is 17.1 Å². The van der Waals surface area contributed by atoms with Crippen LogP contribution in [0.15, 0.2) is 0 Å². The molecular formula is C15H30N2O. The van der Waals surface area contributed by atoms with E-state index in [-0.39, 0.29) is 0 Å². The second-order valence-corrected chi connectivity index (χ2v) is 6.20. The van der Waals surface area contributed by atoms with Crippen molar-refractivity contribution in [1.82, 2.24) is 10.2 Å². The molecule has 2 atom stereocenters. The minimum absolute atomic E-state index is 0.672. The van der Waals surface area contributed by atoms with Crippen LogP contribution in [0.5, 0.6) is 0 Å². The zero-order valence-electron chi connectivity index (χ0n) is 12.2. The first-order chi connectivity index (χ1) is 8.79. The van der Waals surface area contributed by atoms with E-state index in [9.17, 15) is 0 Å². The fraction of sp³-hybridized carbons (Fsp3) is 1.00. The SMILES string of the molecule is COCC1CCCN(C(C)CNC2CCCC2)C1. The Morgan fingerprint density at radius 2 is 2.00 bits per heavy atom. The molecule has 0 spiro atoms. The second kappa shape index (κ2) is 7.46. The van der Waals surface area contributed by atoms with Gasteiger partial charge in [-0.1, -0.05) is 12.8 Å². The molecule has 0 bridgehead atoms. The van der Waals surface area contributed by atoms with E-state index in [4.69, 9.17) is 4.74 Å². The van der Waals surface area contributed by atoms with Crippen LogP contribution < -0.4 is 5.32 Å². The topological polar surface area (TPSA) is 24.5 Å². The van der Waals surface area contributed by atoms with E-state index >= 15 is 0 Å². The van der Waals surface area contributed by atoms with Gasteiger partial charge in [-0.2, -0.15) is 0 Å². The van der Waals surface area contributed by atoms with E-state index in [1.165, 1.54) is 51.6 Å². The van der Waals surface area contributed by atoms with E-state index < -0.39 is 0 Å². The van der Waals surface area contributed by atoms with Gasteiger partial charge < -0.3 is 10.1 Å². The Bertz CT molecular complexity index is 227. The van der Waals surface area contributed by atoms with Crippen LogP contribution in [0.4, 0.5) is 0 Å². The van der Waals surface area contributed by atoms with Gasteiger partial charge in [-0.3, -0.25) is 4.90 Å². The Labute approximate surface area is 112 Å². The van der Waals surface area contributed by atoms with Gasteiger partial charge in [0.1, 0.15) is 0 Å². The molecule has 1 saturated carbocycles. The molecule has 0 amide bonds. The minimum Gasteiger partial charge on any atom is -0.384 e. The highest BCUT2D eigenvalue weighted by Crippen LogP contribution is 2.20. The molecule has 0 radical (unpaired) electrons. The van der Waals surface area contributed by atoms with E-state index in [0.29, 0.717) is 6.04 Å². The Morgan fingerprint density at radius 1 is 1.22 bits per heavy atom. The summed E-state index contributed by atoms with van der Waals surface area (Å²) in [5.74, 6) is 0.748. The summed E-state index contributed by atoms with van der Waals surface area (Å²) in [5, 5.41) is 3.75. The van der Waals surface area contributed by atoms with E-state index in [0.717, 1.165) is 25.1 Å². The summed E-state index contributed by atoms with van der Waals surface area (Å²) in [5.41, 5.74) is 0. The van der Waals surface area contributed by atoms with Gasteiger partial charge in [-0.25, -0.2) is 0 Å². The van der Waals surface area contributed by atoms with Crippen LogP contribution >= 0.6 is 0 Å². The third kappa shape index (κ3) is 4.22. The fourth-order valence-corrected chi connectivity index (χ4v) is 3.47. The Kier molecular flexibility index (Phi) is 5.93. The van der Waals surface area contributed by atoms with Crippen LogP contribution in [0.1, 0.15) is 45.4 Å². The predicted molar refractivity (Wildman–Crippen MR) is 75.9 cm³/mol. The number of nitrogens with one attached hydrogen (secondary N) is 1. The average Bonchev–Trinajstić information content (AvgIpc) is 2.90. The number of rotatable bonds is 6. The molecular weight excluding hydrogens is 224 g/mol. The van der Waals surface area contributed by atoms with Crippen LogP contribution in [0.25, 0.3) is 0 Å². The minimum atomic E-state index is 0.672. The molecule has 18 heavy (non-hydrogen) atoms. The molecule has 1 aliphatic heterocycles. The molecule has 2 fully saturated rings. The third-order valence-corrected chi connectivity index (χ3v) is 4.63. The molecule has 2 rings (SSSR count). The van der Waals surface area contributed by atoms with Crippen molar-refractivity contribution in [3.05, 3.63) is 0 Å². The molecule has 1 aliphatic carbocycles. The van der Waals surface area contributed by atoms with Gasteiger partial charge in [0.2, 0.25) is 0 Å². The Morgan fingerprint density at radius 3 is 2.72 bits per heavy atom. The van der Waals surface area contributed by atoms with Crippen molar-refractivity contribution in [2.24, 2.45) is 5.92 Å². The van der Waals surface area contributed by atoms with Crippen LogP contribution in [0, 0.1) is 5.92 Å². The maximum absolute atomic E-state index is 5.31. The predicted octanol–water partition coefficient (Wildman–Crippen LogP) is 2.27. The lowest BCUT2D eigenvalue weighted by molar-refractivity contribution is 0.0714. The van der Waals surface area contributed by atoms with Crippen LogP contribution in [0.2, 0.25) is 0 Å². The molecule has 2 unspecified atom stereocenters. The first-order valence-electron chi connectivity index (χ1n) is 7.76. The lowest BCUT2D eigenvalue weighted by Gasteiger charge is -2.37. The smallest absolute Gasteiger partial charge is 0.0502 e. The second-order valence-electron chi connectivity index (χ2n) is 6.20. The van der Waals surface area contributed by atoms with E-state index in [1.54, 1.807) is 0 Å². The van der Waals surface area contributed by atoms with Crippen molar-refractivity contribution in [3.63, 3.8) is 0 Å². The van der Waals surface area contributed by atoms with Gasteiger partial charge in [0.25, 0.3) is 0 Å². The van der Waals surface area contributed by atoms with Crippen molar-refractivity contribution in [2.45, 2.75) is 57.5 Å². The Balaban J connectivity index is 1.68. The van der Waals surface area contributed by atoms with Crippen LogP contribution in [0.3, 0.4) is 0 Å². The van der Waals surface area contributed by atoms with Crippen LogP contribution in [-0.4, -0.2) is 50.3 Å². The molecule has 3 heteroatoms. The van der Waals surface area contributed by atoms with Gasteiger partial charge in [-0.05, 0) is 45.1 Å². The van der Waals surface area contributed by atoms with Gasteiger partial charge in [-0.15, -0.1) is 0 Å². The van der Waals surface area contributed by atoms with Crippen molar-refractivity contribution >= 4 is 0 Å². The summed E-state index contributed by atoms with van der Waals surface area (Å²) in [6.07, 6.45) is 8.30. The molecule has 106 valence electrons. The number of hydrogen-bond acceptors (Lipinski definition) is 3. The lowest BCUT2D eigenvalue weighted by atomic mass is 9.97. The zero-order chi connectivity index (χ0) is 12.8. The number of piperidine rings is 1. The van der Waals surface area contributed by atoms with Crippen molar-refractivity contribution in [1.29, 1.82) is 0 Å². The quantitative estimate of drug-likeness (QED) is 0.787. The first kappa shape index (κ1) is 14.3. The molecule has 0 aromatic heterocycles. The summed E-state index contributed by atoms with van der Waals surface area (Å²) in [4.78, 5) is 2.65. The maximum atomic E-state index is 5.31. The number of methoxy groups -OCH3 is 1. The summed E-state index contributed by atoms with van der Waals surface area (Å²) in [6, 6.07) is 1.47. The summed E-state index contributed by atoms with van der Waals surface area (Å²) < 4.78 is 5.31. The van der Waals surface area contributed by atoms with Crippen molar-refractivity contribution in [2.75, 3.05) is 33.4 Å². The molecule has 1 N–H and O–H groups in total. The molecule has 0 aromatic rings. The summed E-state index contributed by atoms with van der Waals surface area (Å²) >= 11 is 0. The normalized spacial score (nSPS) is 28.7. The number of nitrogens with zero attached hydrogens (tertiary/aromatic N) is 1. The van der Waals surface area contributed by atoms with Crippen molar-refractivity contribution < 1.29 is 4.74 Å².